The van der Waals surface area contributed by atoms with Crippen LogP contribution in [0.2, 0.25) is 0 Å². The van der Waals surface area contributed by atoms with E-state index < -0.39 is 0 Å². The summed E-state index contributed by atoms with van der Waals surface area (Å²) < 4.78 is 4.48. The van der Waals surface area contributed by atoms with E-state index in [1.165, 1.54) is 5.30 Å². The highest BCUT2D eigenvalue weighted by molar-refractivity contribution is 7.60. The lowest BCUT2D eigenvalue weighted by Gasteiger charge is -2.30. The normalized spacial score (nSPS) is 11.6. The quantitative estimate of drug-likeness (QED) is 0.677. The summed E-state index contributed by atoms with van der Waals surface area (Å²) in [6.07, 6.45) is 3.69. The fourth-order valence-electron chi connectivity index (χ4n) is 1.30. The number of hydrogen-bond donors (Lipinski definition) is 0. The van der Waals surface area contributed by atoms with Crippen LogP contribution < -0.4 is 5.30 Å². The van der Waals surface area contributed by atoms with Gasteiger partial charge < -0.3 is 0 Å². The topological polar surface area (TPSA) is 19.4 Å². The minimum absolute atomic E-state index is 0.347. The van der Waals surface area contributed by atoms with Crippen LogP contribution in [0.1, 0.15) is 0 Å². The molecule has 0 aromatic carbocycles. The van der Waals surface area contributed by atoms with E-state index >= 15 is 0 Å². The lowest BCUT2D eigenvalue weighted by Crippen LogP contribution is -2.24. The van der Waals surface area contributed by atoms with Crippen molar-refractivity contribution in [2.45, 2.75) is 0 Å². The van der Waals surface area contributed by atoms with Gasteiger partial charge >= 0.3 is 0 Å². The SMILES string of the molecule is CN(C)P(c1ccncc1)N(C)C. The number of nitrogens with zero attached hydrogens (tertiary/aromatic N) is 3. The second-order valence-electron chi connectivity index (χ2n) is 3.19. The predicted octanol–water partition coefficient (Wildman–Crippen LogP) is 1.14. The number of aromatic nitrogens is 1. The molecule has 3 nitrogen and oxygen atoms in total. The lowest BCUT2D eigenvalue weighted by molar-refractivity contribution is 0.584. The van der Waals surface area contributed by atoms with Gasteiger partial charge in [0.15, 0.2) is 0 Å². The molecule has 0 aliphatic rings. The molecule has 1 rings (SSSR count). The van der Waals surface area contributed by atoms with Crippen LogP contribution in [0.15, 0.2) is 24.5 Å². The molecule has 0 atom stereocenters. The first-order chi connectivity index (χ1) is 6.13. The van der Waals surface area contributed by atoms with Crippen molar-refractivity contribution in [3.05, 3.63) is 24.5 Å². The zero-order valence-corrected chi connectivity index (χ0v) is 9.49. The molecule has 0 saturated heterocycles. The molecule has 13 heavy (non-hydrogen) atoms. The van der Waals surface area contributed by atoms with E-state index in [0.29, 0.717) is 0 Å². The number of hydrogen-bond acceptors (Lipinski definition) is 3. The summed E-state index contributed by atoms with van der Waals surface area (Å²) in [5.41, 5.74) is 0. The molecule has 1 heterocycles. The van der Waals surface area contributed by atoms with Crippen molar-refractivity contribution in [2.75, 3.05) is 28.2 Å². The fourth-order valence-corrected chi connectivity index (χ4v) is 3.34. The van der Waals surface area contributed by atoms with Gasteiger partial charge in [-0.05, 0) is 40.3 Å². The summed E-state index contributed by atoms with van der Waals surface area (Å²) in [5, 5.41) is 1.33. The molecule has 1 aromatic heterocycles. The van der Waals surface area contributed by atoms with E-state index in [0.717, 1.165) is 0 Å². The van der Waals surface area contributed by atoms with Crippen molar-refractivity contribution in [2.24, 2.45) is 0 Å². The third-order valence-electron chi connectivity index (χ3n) is 1.65. The molecule has 1 aromatic rings. The molecule has 0 radical (unpaired) electrons. The predicted molar refractivity (Wildman–Crippen MR) is 58.2 cm³/mol. The van der Waals surface area contributed by atoms with Gasteiger partial charge in [0.1, 0.15) is 0 Å². The van der Waals surface area contributed by atoms with Gasteiger partial charge in [-0.15, -0.1) is 0 Å². The molecule has 0 spiro atoms. The summed E-state index contributed by atoms with van der Waals surface area (Å²) in [4.78, 5) is 4.02. The molecule has 0 fully saturated rings. The molecule has 72 valence electrons. The van der Waals surface area contributed by atoms with E-state index in [9.17, 15) is 0 Å². The lowest BCUT2D eigenvalue weighted by atomic mass is 10.5. The van der Waals surface area contributed by atoms with Gasteiger partial charge in [0.25, 0.3) is 0 Å². The Hall–Kier alpha value is -0.500. The van der Waals surface area contributed by atoms with Gasteiger partial charge in [0, 0.05) is 17.7 Å². The van der Waals surface area contributed by atoms with Crippen molar-refractivity contribution < 1.29 is 0 Å². The van der Waals surface area contributed by atoms with Crippen LogP contribution in [0.25, 0.3) is 0 Å². The van der Waals surface area contributed by atoms with Crippen LogP contribution >= 0.6 is 8.22 Å². The second-order valence-corrected chi connectivity index (χ2v) is 5.88. The van der Waals surface area contributed by atoms with Crippen LogP contribution in [0.3, 0.4) is 0 Å². The average molecular weight is 197 g/mol. The van der Waals surface area contributed by atoms with Gasteiger partial charge in [0.2, 0.25) is 0 Å². The zero-order chi connectivity index (χ0) is 9.84. The van der Waals surface area contributed by atoms with Gasteiger partial charge in [-0.1, -0.05) is 0 Å². The first kappa shape index (κ1) is 10.6. The Bertz CT molecular complexity index is 240. The van der Waals surface area contributed by atoms with Crippen LogP contribution in [-0.2, 0) is 0 Å². The van der Waals surface area contributed by atoms with E-state index in [4.69, 9.17) is 0 Å². The zero-order valence-electron chi connectivity index (χ0n) is 8.60. The van der Waals surface area contributed by atoms with Crippen molar-refractivity contribution in [1.82, 2.24) is 14.3 Å². The highest BCUT2D eigenvalue weighted by atomic mass is 31.1. The van der Waals surface area contributed by atoms with E-state index in [1.54, 1.807) is 0 Å². The summed E-state index contributed by atoms with van der Waals surface area (Å²) >= 11 is 0. The first-order valence-corrected chi connectivity index (χ1v) is 5.42. The van der Waals surface area contributed by atoms with Gasteiger partial charge in [-0.3, -0.25) is 14.3 Å². The Morgan fingerprint density at radius 3 is 1.85 bits per heavy atom. The van der Waals surface area contributed by atoms with Gasteiger partial charge in [0.05, 0.1) is 8.22 Å². The molecule has 0 aliphatic heterocycles. The maximum absolute atomic E-state index is 4.02. The molecule has 0 bridgehead atoms. The molecule has 0 aliphatic carbocycles. The fraction of sp³-hybridized carbons (Fsp3) is 0.444. The summed E-state index contributed by atoms with van der Waals surface area (Å²) in [7, 11) is 8.07. The Kier molecular flexibility index (Phi) is 3.79. The molecular formula is C9H16N3P. The minimum Gasteiger partial charge on any atom is -0.272 e. The third kappa shape index (κ3) is 2.73. The van der Waals surface area contributed by atoms with Gasteiger partial charge in [-0.2, -0.15) is 0 Å². The second kappa shape index (κ2) is 4.66. The largest absolute Gasteiger partial charge is 0.272 e. The van der Waals surface area contributed by atoms with Crippen molar-refractivity contribution >= 4 is 13.5 Å². The molecule has 0 unspecified atom stereocenters. The smallest absolute Gasteiger partial charge is 0.0715 e. The highest BCUT2D eigenvalue weighted by Crippen LogP contribution is 2.37. The Balaban J connectivity index is 2.89. The Morgan fingerprint density at radius 2 is 1.46 bits per heavy atom. The van der Waals surface area contributed by atoms with Crippen LogP contribution in [0, 0.1) is 0 Å². The Morgan fingerprint density at radius 1 is 1.00 bits per heavy atom. The highest BCUT2D eigenvalue weighted by Gasteiger charge is 2.15. The number of rotatable bonds is 3. The van der Waals surface area contributed by atoms with Crippen molar-refractivity contribution in [1.29, 1.82) is 0 Å². The standard InChI is InChI=1S/C9H16N3P/c1-11(2)13(12(3)4)9-5-7-10-8-6-9/h5-8H,1-4H3. The number of pyridine rings is 1. The first-order valence-electron chi connectivity index (χ1n) is 4.17. The summed E-state index contributed by atoms with van der Waals surface area (Å²) in [6.45, 7) is 0. The van der Waals surface area contributed by atoms with E-state index in [-0.39, 0.29) is 8.22 Å². The molecule has 0 amide bonds. The van der Waals surface area contributed by atoms with E-state index in [1.807, 2.05) is 12.4 Å². The van der Waals surface area contributed by atoms with Crippen LogP contribution in [0.5, 0.6) is 0 Å². The summed E-state index contributed by atoms with van der Waals surface area (Å²) in [6, 6.07) is 4.15. The van der Waals surface area contributed by atoms with Crippen LogP contribution in [0.4, 0.5) is 0 Å². The maximum Gasteiger partial charge on any atom is 0.0715 e. The molecule has 0 saturated carbocycles. The minimum atomic E-state index is -0.347. The van der Waals surface area contributed by atoms with Crippen LogP contribution in [-0.4, -0.2) is 42.5 Å². The maximum atomic E-state index is 4.02. The van der Waals surface area contributed by atoms with Gasteiger partial charge in [-0.25, -0.2) is 0 Å². The third-order valence-corrected chi connectivity index (χ3v) is 3.93. The molecule has 0 N–H and O–H groups in total. The molecule has 4 heteroatoms. The molecular weight excluding hydrogens is 181 g/mol. The average Bonchev–Trinajstić information content (AvgIpc) is 2.04. The van der Waals surface area contributed by atoms with Crippen molar-refractivity contribution in [3.63, 3.8) is 0 Å². The Labute approximate surface area is 81.2 Å². The van der Waals surface area contributed by atoms with E-state index in [2.05, 4.69) is 54.6 Å². The summed E-state index contributed by atoms with van der Waals surface area (Å²) in [5.74, 6) is 0. The van der Waals surface area contributed by atoms with Crippen molar-refractivity contribution in [3.8, 4) is 0 Å². The monoisotopic (exact) mass is 197 g/mol.